The number of aromatic nitrogens is 1. The van der Waals surface area contributed by atoms with Gasteiger partial charge in [-0.25, -0.2) is 4.68 Å². The first-order valence-corrected chi connectivity index (χ1v) is 15.9. The topological polar surface area (TPSA) is 29.6 Å². The van der Waals surface area contributed by atoms with Crippen LogP contribution in [-0.4, -0.2) is 16.1 Å². The maximum atomic E-state index is 5.40. The maximum absolute atomic E-state index is 5.40. The molecule has 0 saturated heterocycles. The maximum Gasteiger partial charge on any atom is 0.0794 e. The summed E-state index contributed by atoms with van der Waals surface area (Å²) in [6.07, 6.45) is 0. The number of hydrogen-bond donors (Lipinski definition) is 0. The van der Waals surface area contributed by atoms with Gasteiger partial charge in [-0.3, -0.25) is 4.99 Å². The quantitative estimate of drug-likeness (QED) is 0.154. The smallest absolute Gasteiger partial charge is 0.0794 e. The van der Waals surface area contributed by atoms with Gasteiger partial charge in [0.1, 0.15) is 0 Å². The minimum Gasteiger partial charge on any atom is -0.250 e. The van der Waals surface area contributed by atoms with E-state index in [1.165, 1.54) is 5.56 Å². The first kappa shape index (κ1) is 29.6. The van der Waals surface area contributed by atoms with Gasteiger partial charge in [0.2, 0.25) is 0 Å². The summed E-state index contributed by atoms with van der Waals surface area (Å²) in [7, 11) is 0. The van der Waals surface area contributed by atoms with Crippen LogP contribution in [0.25, 0.3) is 55.9 Å². The molecule has 226 valence electrons. The van der Waals surface area contributed by atoms with Crippen LogP contribution < -0.4 is 0 Å². The Morgan fingerprint density at radius 2 is 0.745 bits per heavy atom. The fourth-order valence-corrected chi connectivity index (χ4v) is 5.89. The molecule has 47 heavy (non-hydrogen) atoms. The largest absolute Gasteiger partial charge is 0.250 e. The van der Waals surface area contributed by atoms with E-state index in [2.05, 4.69) is 171 Å². The zero-order chi connectivity index (χ0) is 32.0. The molecule has 0 radical (unpaired) electrons. The predicted octanol–water partition coefficient (Wildman–Crippen LogP) is 11.8. The minimum absolute atomic E-state index is 0.834. The standard InChI is InChI=1S/C44H35N3/c1-32(33(2)46-47-42(37-24-14-6-15-25-37)28-29-43(47)38-26-16-7-17-27-38)45-44-40(35-20-10-4-11-21-35)30-39(34-18-8-3-9-19-34)31-41(44)36-22-12-5-13-23-36/h3-31H,1-2H3/b45-32+,46-33+. The van der Waals surface area contributed by atoms with Gasteiger partial charge in [0, 0.05) is 22.3 Å². The molecule has 1 heterocycles. The van der Waals surface area contributed by atoms with E-state index < -0.39 is 0 Å². The van der Waals surface area contributed by atoms with Crippen LogP contribution in [0.2, 0.25) is 0 Å². The second-order valence-electron chi connectivity index (χ2n) is 11.5. The SMILES string of the molecule is CC(=N\c1c(-c2ccccc2)cc(-c2ccccc2)cc1-c1ccccc1)/C(C)=N/n1c(-c2ccccc2)ccc1-c1ccccc1. The lowest BCUT2D eigenvalue weighted by atomic mass is 9.91. The molecule has 0 N–H and O–H groups in total. The molecule has 0 saturated carbocycles. The fraction of sp³-hybridized carbons (Fsp3) is 0.0455. The highest BCUT2D eigenvalue weighted by Crippen LogP contribution is 2.43. The van der Waals surface area contributed by atoms with Crippen molar-refractivity contribution in [1.29, 1.82) is 0 Å². The van der Waals surface area contributed by atoms with Crippen LogP contribution >= 0.6 is 0 Å². The number of benzene rings is 6. The highest BCUT2D eigenvalue weighted by Gasteiger charge is 2.17. The van der Waals surface area contributed by atoms with Gasteiger partial charge < -0.3 is 0 Å². The molecular formula is C44H35N3. The van der Waals surface area contributed by atoms with Crippen molar-refractivity contribution in [1.82, 2.24) is 4.68 Å². The molecule has 1 aromatic heterocycles. The van der Waals surface area contributed by atoms with E-state index in [1.807, 2.05) is 23.7 Å². The molecule has 0 aliphatic heterocycles. The summed E-state index contributed by atoms with van der Waals surface area (Å²) in [5, 5.41) is 5.24. The van der Waals surface area contributed by atoms with Crippen LogP contribution in [0, 0.1) is 0 Å². The Bertz CT molecular complexity index is 2040. The van der Waals surface area contributed by atoms with Gasteiger partial charge in [0.15, 0.2) is 0 Å². The zero-order valence-electron chi connectivity index (χ0n) is 26.6. The summed E-state index contributed by atoms with van der Waals surface area (Å²) in [6, 6.07) is 61.3. The number of nitrogens with zero attached hydrogens (tertiary/aromatic N) is 3. The molecule has 0 fully saturated rings. The Morgan fingerprint density at radius 3 is 1.15 bits per heavy atom. The van der Waals surface area contributed by atoms with Crippen LogP contribution in [0.5, 0.6) is 0 Å². The number of hydrogen-bond acceptors (Lipinski definition) is 2. The van der Waals surface area contributed by atoms with E-state index >= 15 is 0 Å². The van der Waals surface area contributed by atoms with Crippen LogP contribution in [0.3, 0.4) is 0 Å². The van der Waals surface area contributed by atoms with Crippen LogP contribution in [-0.2, 0) is 0 Å². The van der Waals surface area contributed by atoms with E-state index in [1.54, 1.807) is 0 Å². The van der Waals surface area contributed by atoms with E-state index in [9.17, 15) is 0 Å². The van der Waals surface area contributed by atoms with Crippen molar-refractivity contribution in [2.24, 2.45) is 10.1 Å². The van der Waals surface area contributed by atoms with Gasteiger partial charge in [-0.2, -0.15) is 5.10 Å². The molecule has 0 aliphatic rings. The molecule has 0 bridgehead atoms. The Hall–Kier alpha value is -6.06. The third-order valence-corrected chi connectivity index (χ3v) is 8.43. The average Bonchev–Trinajstić information content (AvgIpc) is 3.56. The summed E-state index contributed by atoms with van der Waals surface area (Å²) in [5.41, 5.74) is 13.6. The summed E-state index contributed by atoms with van der Waals surface area (Å²) in [5.74, 6) is 0. The summed E-state index contributed by atoms with van der Waals surface area (Å²) in [6.45, 7) is 4.10. The van der Waals surface area contributed by atoms with Crippen molar-refractivity contribution in [3.05, 3.63) is 176 Å². The molecule has 0 unspecified atom stereocenters. The molecule has 0 amide bonds. The minimum atomic E-state index is 0.834. The van der Waals surface area contributed by atoms with Crippen molar-refractivity contribution >= 4 is 17.1 Å². The Morgan fingerprint density at radius 1 is 0.383 bits per heavy atom. The fourth-order valence-electron chi connectivity index (χ4n) is 5.89. The molecular weight excluding hydrogens is 571 g/mol. The monoisotopic (exact) mass is 605 g/mol. The first-order valence-electron chi connectivity index (χ1n) is 15.9. The second-order valence-corrected chi connectivity index (χ2v) is 11.5. The first-order chi connectivity index (χ1) is 23.2. The summed E-state index contributed by atoms with van der Waals surface area (Å²) >= 11 is 0. The third-order valence-electron chi connectivity index (χ3n) is 8.43. The second kappa shape index (κ2) is 13.5. The molecule has 7 aromatic rings. The van der Waals surface area contributed by atoms with E-state index in [0.717, 1.165) is 67.4 Å². The number of aliphatic imine (C=N–C) groups is 1. The molecule has 7 rings (SSSR count). The van der Waals surface area contributed by atoms with Gasteiger partial charge in [0.25, 0.3) is 0 Å². The molecule has 0 spiro atoms. The Kier molecular flexibility index (Phi) is 8.52. The lowest BCUT2D eigenvalue weighted by Gasteiger charge is -2.17. The number of rotatable bonds is 8. The normalized spacial score (nSPS) is 11.9. The molecule has 3 heteroatoms. The Labute approximate surface area is 276 Å². The lowest BCUT2D eigenvalue weighted by molar-refractivity contribution is 0.907. The Balaban J connectivity index is 1.42. The van der Waals surface area contributed by atoms with Crippen molar-refractivity contribution in [2.45, 2.75) is 13.8 Å². The van der Waals surface area contributed by atoms with Crippen molar-refractivity contribution in [3.63, 3.8) is 0 Å². The lowest BCUT2D eigenvalue weighted by Crippen LogP contribution is -2.09. The van der Waals surface area contributed by atoms with Gasteiger partial charge in [-0.05, 0) is 60.4 Å². The van der Waals surface area contributed by atoms with Crippen molar-refractivity contribution in [3.8, 4) is 55.9 Å². The van der Waals surface area contributed by atoms with Gasteiger partial charge in [-0.15, -0.1) is 0 Å². The van der Waals surface area contributed by atoms with Gasteiger partial charge >= 0.3 is 0 Å². The van der Waals surface area contributed by atoms with Crippen molar-refractivity contribution < 1.29 is 0 Å². The predicted molar refractivity (Wildman–Crippen MR) is 199 cm³/mol. The van der Waals surface area contributed by atoms with Crippen LogP contribution in [0.4, 0.5) is 5.69 Å². The summed E-state index contributed by atoms with van der Waals surface area (Å²) < 4.78 is 2.05. The average molecular weight is 606 g/mol. The van der Waals surface area contributed by atoms with Crippen LogP contribution in [0.15, 0.2) is 186 Å². The van der Waals surface area contributed by atoms with E-state index in [0.29, 0.717) is 0 Å². The van der Waals surface area contributed by atoms with Crippen molar-refractivity contribution in [2.75, 3.05) is 0 Å². The van der Waals surface area contributed by atoms with E-state index in [-0.39, 0.29) is 0 Å². The summed E-state index contributed by atoms with van der Waals surface area (Å²) in [4.78, 5) is 5.40. The highest BCUT2D eigenvalue weighted by atomic mass is 15.4. The molecule has 0 atom stereocenters. The highest BCUT2D eigenvalue weighted by molar-refractivity contribution is 6.41. The molecule has 0 aliphatic carbocycles. The van der Waals surface area contributed by atoms with Gasteiger partial charge in [-0.1, -0.05) is 152 Å². The molecule has 3 nitrogen and oxygen atoms in total. The third kappa shape index (κ3) is 6.38. The zero-order valence-corrected chi connectivity index (χ0v) is 26.6. The van der Waals surface area contributed by atoms with E-state index in [4.69, 9.17) is 10.1 Å². The molecule has 6 aromatic carbocycles. The van der Waals surface area contributed by atoms with Gasteiger partial charge in [0.05, 0.1) is 28.5 Å². The van der Waals surface area contributed by atoms with Crippen LogP contribution in [0.1, 0.15) is 13.8 Å².